The van der Waals surface area contributed by atoms with Crippen LogP contribution >= 0.6 is 0 Å². The average Bonchev–Trinajstić information content (AvgIpc) is 3.09. The first-order chi connectivity index (χ1) is 13.2. The highest BCUT2D eigenvalue weighted by Gasteiger charge is 2.41. The summed E-state index contributed by atoms with van der Waals surface area (Å²) in [6, 6.07) is 3.40. The van der Waals surface area contributed by atoms with Crippen LogP contribution in [0.4, 0.5) is 0 Å². The molecule has 2 aliphatic carbocycles. The maximum Gasteiger partial charge on any atom is 0.0655 e. The van der Waals surface area contributed by atoms with Crippen molar-refractivity contribution in [2.75, 3.05) is 13.1 Å². The van der Waals surface area contributed by atoms with Crippen molar-refractivity contribution < 1.29 is 0 Å². The molecule has 1 aliphatic heterocycles. The van der Waals surface area contributed by atoms with E-state index >= 15 is 0 Å². The van der Waals surface area contributed by atoms with E-state index in [0.717, 1.165) is 24.8 Å². The van der Waals surface area contributed by atoms with Gasteiger partial charge in [-0.05, 0) is 56.3 Å². The second-order valence-electron chi connectivity index (χ2n) is 10.4. The van der Waals surface area contributed by atoms with E-state index < -0.39 is 0 Å². The van der Waals surface area contributed by atoms with Gasteiger partial charge in [0.15, 0.2) is 0 Å². The first-order valence-corrected chi connectivity index (χ1v) is 12.3. The minimum Gasteiger partial charge on any atom is -0.300 e. The fraction of sp³-hybridized carbons (Fsp3) is 0.960. The fourth-order valence-corrected chi connectivity index (χ4v) is 6.56. The summed E-state index contributed by atoms with van der Waals surface area (Å²) in [7, 11) is 0. The Bertz CT molecular complexity index is 443. The van der Waals surface area contributed by atoms with Gasteiger partial charge in [0.05, 0.1) is 6.07 Å². The summed E-state index contributed by atoms with van der Waals surface area (Å²) < 4.78 is 0. The third-order valence-electron chi connectivity index (χ3n) is 7.91. The molecule has 2 nitrogen and oxygen atoms in total. The molecule has 0 aromatic rings. The molecule has 0 aromatic carbocycles. The van der Waals surface area contributed by atoms with E-state index in [1.54, 1.807) is 0 Å². The smallest absolute Gasteiger partial charge is 0.0655 e. The lowest BCUT2D eigenvalue weighted by Crippen LogP contribution is -2.50. The number of likely N-dealkylation sites (tertiary alicyclic amines) is 1. The molecule has 27 heavy (non-hydrogen) atoms. The van der Waals surface area contributed by atoms with Crippen LogP contribution in [0.3, 0.4) is 0 Å². The Morgan fingerprint density at radius 2 is 1.33 bits per heavy atom. The van der Waals surface area contributed by atoms with E-state index in [2.05, 4.69) is 17.9 Å². The second-order valence-corrected chi connectivity index (χ2v) is 10.4. The van der Waals surface area contributed by atoms with Crippen molar-refractivity contribution >= 4 is 0 Å². The lowest BCUT2D eigenvalue weighted by atomic mass is 9.74. The zero-order valence-corrected chi connectivity index (χ0v) is 18.1. The van der Waals surface area contributed by atoms with Crippen molar-refractivity contribution in [3.63, 3.8) is 0 Å². The van der Waals surface area contributed by atoms with E-state index in [9.17, 15) is 5.26 Å². The van der Waals surface area contributed by atoms with Gasteiger partial charge in [-0.1, -0.05) is 71.1 Å². The molecule has 1 unspecified atom stereocenters. The van der Waals surface area contributed by atoms with Gasteiger partial charge in [-0.15, -0.1) is 0 Å². The van der Waals surface area contributed by atoms with Crippen molar-refractivity contribution in [2.45, 2.75) is 122 Å². The van der Waals surface area contributed by atoms with Crippen molar-refractivity contribution in [2.24, 2.45) is 17.3 Å². The van der Waals surface area contributed by atoms with Gasteiger partial charge in [0, 0.05) is 25.0 Å². The second kappa shape index (κ2) is 10.8. The van der Waals surface area contributed by atoms with Crippen LogP contribution in [0.2, 0.25) is 0 Å². The first-order valence-electron chi connectivity index (χ1n) is 12.3. The van der Waals surface area contributed by atoms with E-state index in [1.807, 2.05) is 0 Å². The molecule has 2 saturated carbocycles. The monoisotopic (exact) mass is 372 g/mol. The largest absolute Gasteiger partial charge is 0.300 e. The van der Waals surface area contributed by atoms with Gasteiger partial charge in [0.1, 0.15) is 0 Å². The minimum atomic E-state index is 0.332. The van der Waals surface area contributed by atoms with E-state index in [0.29, 0.717) is 11.3 Å². The molecule has 0 radical (unpaired) electrons. The van der Waals surface area contributed by atoms with Crippen LogP contribution in [0.1, 0.15) is 116 Å². The van der Waals surface area contributed by atoms with Crippen LogP contribution in [0.25, 0.3) is 0 Å². The maximum absolute atomic E-state index is 9.33. The van der Waals surface area contributed by atoms with Crippen LogP contribution in [0.15, 0.2) is 0 Å². The highest BCUT2D eigenvalue weighted by atomic mass is 15.2. The third kappa shape index (κ3) is 6.49. The van der Waals surface area contributed by atoms with Crippen LogP contribution in [-0.4, -0.2) is 24.0 Å². The number of hydrogen-bond acceptors (Lipinski definition) is 2. The summed E-state index contributed by atoms with van der Waals surface area (Å²) in [5.41, 5.74) is 0.684. The zero-order chi connectivity index (χ0) is 19.0. The zero-order valence-electron chi connectivity index (χ0n) is 18.1. The van der Waals surface area contributed by atoms with Gasteiger partial charge in [-0.25, -0.2) is 0 Å². The molecule has 0 aromatic heterocycles. The van der Waals surface area contributed by atoms with Crippen molar-refractivity contribution in [3.8, 4) is 6.07 Å². The Morgan fingerprint density at radius 3 is 1.89 bits per heavy atom. The molecule has 3 rings (SSSR count). The summed E-state index contributed by atoms with van der Waals surface area (Å²) >= 11 is 0. The maximum atomic E-state index is 9.33. The van der Waals surface area contributed by atoms with Gasteiger partial charge < -0.3 is 0 Å². The first kappa shape index (κ1) is 21.2. The Hall–Kier alpha value is -0.550. The summed E-state index contributed by atoms with van der Waals surface area (Å²) in [6.07, 6.45) is 23.4. The van der Waals surface area contributed by atoms with Gasteiger partial charge in [-0.3, -0.25) is 4.90 Å². The molecule has 2 heteroatoms. The number of hydrogen-bond donors (Lipinski definition) is 0. The van der Waals surface area contributed by atoms with Crippen LogP contribution in [-0.2, 0) is 0 Å². The molecule has 3 fully saturated rings. The molecular weight excluding hydrogens is 328 g/mol. The van der Waals surface area contributed by atoms with Gasteiger partial charge in [0.2, 0.25) is 0 Å². The van der Waals surface area contributed by atoms with E-state index in [-0.39, 0.29) is 0 Å². The quantitative estimate of drug-likeness (QED) is 0.491. The lowest BCUT2D eigenvalue weighted by molar-refractivity contribution is 0.0217. The lowest BCUT2D eigenvalue weighted by Gasteiger charge is -2.47. The fourth-order valence-electron chi connectivity index (χ4n) is 6.56. The average molecular weight is 373 g/mol. The van der Waals surface area contributed by atoms with Gasteiger partial charge in [-0.2, -0.15) is 5.26 Å². The highest BCUT2D eigenvalue weighted by Crippen LogP contribution is 2.47. The summed E-state index contributed by atoms with van der Waals surface area (Å²) in [5.74, 6) is 1.23. The molecule has 0 bridgehead atoms. The number of nitriles is 1. The number of piperidine rings is 1. The third-order valence-corrected chi connectivity index (χ3v) is 7.91. The molecule has 154 valence electrons. The Morgan fingerprint density at radius 1 is 0.778 bits per heavy atom. The SMILES string of the molecule is CC1CN(C2CCCCCCC(C#N)CCCCCC2)CC2(CCCC2)C1. The predicted molar refractivity (Wildman–Crippen MR) is 115 cm³/mol. The minimum absolute atomic E-state index is 0.332. The Labute approximate surface area is 169 Å². The van der Waals surface area contributed by atoms with Crippen LogP contribution in [0.5, 0.6) is 0 Å². The standard InChI is InChI=1S/C25H44N2/c1-22-18-25(16-10-11-17-25)21-27(20-22)24-14-8-4-2-6-12-23(19-26)13-7-3-5-9-15-24/h22-24H,2-18,20-21H2,1H3. The van der Waals surface area contributed by atoms with Crippen LogP contribution < -0.4 is 0 Å². The molecule has 0 N–H and O–H groups in total. The predicted octanol–water partition coefficient (Wildman–Crippen LogP) is 7.09. The summed E-state index contributed by atoms with van der Waals surface area (Å²) in [5, 5.41) is 9.33. The topological polar surface area (TPSA) is 27.0 Å². The highest BCUT2D eigenvalue weighted by molar-refractivity contribution is 4.94. The molecule has 1 saturated heterocycles. The van der Waals surface area contributed by atoms with Crippen molar-refractivity contribution in [3.05, 3.63) is 0 Å². The Balaban J connectivity index is 1.54. The molecule has 1 atom stereocenters. The van der Waals surface area contributed by atoms with Gasteiger partial charge in [0.25, 0.3) is 0 Å². The molecule has 1 spiro atoms. The normalized spacial score (nSPS) is 34.7. The summed E-state index contributed by atoms with van der Waals surface area (Å²) in [6.45, 7) is 5.28. The molecule has 3 aliphatic rings. The van der Waals surface area contributed by atoms with E-state index in [1.165, 1.54) is 109 Å². The Kier molecular flexibility index (Phi) is 8.50. The van der Waals surface area contributed by atoms with Gasteiger partial charge >= 0.3 is 0 Å². The van der Waals surface area contributed by atoms with Crippen LogP contribution in [0, 0.1) is 28.6 Å². The van der Waals surface area contributed by atoms with E-state index in [4.69, 9.17) is 0 Å². The van der Waals surface area contributed by atoms with Crippen molar-refractivity contribution in [1.82, 2.24) is 4.90 Å². The number of rotatable bonds is 1. The molecule has 1 heterocycles. The molecule has 0 amide bonds. The number of nitrogens with zero attached hydrogens (tertiary/aromatic N) is 2. The summed E-state index contributed by atoms with van der Waals surface area (Å²) in [4.78, 5) is 2.96. The van der Waals surface area contributed by atoms with Crippen molar-refractivity contribution in [1.29, 1.82) is 5.26 Å². The molecular formula is C25H44N2.